The van der Waals surface area contributed by atoms with Gasteiger partial charge in [-0.2, -0.15) is 0 Å². The van der Waals surface area contributed by atoms with E-state index in [1.807, 2.05) is 30.3 Å². The van der Waals surface area contributed by atoms with Crippen LogP contribution in [-0.4, -0.2) is 23.8 Å². The van der Waals surface area contributed by atoms with E-state index in [9.17, 15) is 9.90 Å². The monoisotopic (exact) mass is 330 g/mol. The van der Waals surface area contributed by atoms with Crippen molar-refractivity contribution in [2.24, 2.45) is 29.6 Å². The molecule has 3 nitrogen and oxygen atoms in total. The fourth-order valence-electron chi connectivity index (χ4n) is 4.94. The number of hydrogen-bond acceptors (Lipinski definition) is 3. The number of carbonyl (C=O) groups is 1. The largest absolute Gasteiger partial charge is 0.459 e. The summed E-state index contributed by atoms with van der Waals surface area (Å²) >= 11 is 0. The number of ether oxygens (including phenoxy) is 1. The second-order valence-electron chi connectivity index (χ2n) is 7.93. The van der Waals surface area contributed by atoms with Gasteiger partial charge in [-0.3, -0.25) is 0 Å². The van der Waals surface area contributed by atoms with Crippen molar-refractivity contribution in [1.29, 1.82) is 0 Å². The molecule has 2 aliphatic carbocycles. The molecule has 3 heteroatoms. The molecule has 1 aromatic rings. The average molecular weight is 330 g/mol. The second-order valence-corrected chi connectivity index (χ2v) is 7.93. The highest BCUT2D eigenvalue weighted by atomic mass is 16.5. The number of esters is 1. The molecule has 24 heavy (non-hydrogen) atoms. The minimum Gasteiger partial charge on any atom is -0.459 e. The Hall–Kier alpha value is -1.35. The Morgan fingerprint density at radius 1 is 1.04 bits per heavy atom. The second kappa shape index (κ2) is 7.69. The summed E-state index contributed by atoms with van der Waals surface area (Å²) in [5.41, 5.74) is 0.623. The molecular weight excluding hydrogens is 300 g/mol. The highest BCUT2D eigenvalue weighted by Crippen LogP contribution is 2.47. The van der Waals surface area contributed by atoms with Gasteiger partial charge >= 0.3 is 5.97 Å². The van der Waals surface area contributed by atoms with Crippen LogP contribution >= 0.6 is 0 Å². The molecule has 0 radical (unpaired) electrons. The fraction of sp³-hybridized carbons (Fsp3) is 0.667. The zero-order valence-corrected chi connectivity index (χ0v) is 14.9. The van der Waals surface area contributed by atoms with Gasteiger partial charge in [0.15, 0.2) is 0 Å². The van der Waals surface area contributed by atoms with Crippen LogP contribution in [0.25, 0.3) is 0 Å². The molecule has 0 heterocycles. The lowest BCUT2D eigenvalue weighted by atomic mass is 9.71. The SMILES string of the molecule is C[C@@H]1C[C@H]2[C@H](CC[C@@H]2C)[C@@H](CO)CC[C@H]1OC(=O)c1ccccc1. The van der Waals surface area contributed by atoms with Gasteiger partial charge in [0.2, 0.25) is 0 Å². The summed E-state index contributed by atoms with van der Waals surface area (Å²) in [6.45, 7) is 4.84. The Bertz CT molecular complexity index is 541. The molecule has 0 saturated heterocycles. The van der Waals surface area contributed by atoms with Crippen LogP contribution in [0.4, 0.5) is 0 Å². The molecule has 1 N–H and O–H groups in total. The Balaban J connectivity index is 1.71. The lowest BCUT2D eigenvalue weighted by Gasteiger charge is -2.37. The lowest BCUT2D eigenvalue weighted by Crippen LogP contribution is -2.35. The lowest BCUT2D eigenvalue weighted by molar-refractivity contribution is -0.00762. The van der Waals surface area contributed by atoms with E-state index in [2.05, 4.69) is 13.8 Å². The van der Waals surface area contributed by atoms with Crippen LogP contribution in [0.3, 0.4) is 0 Å². The molecule has 1 aromatic carbocycles. The molecule has 0 spiro atoms. The van der Waals surface area contributed by atoms with E-state index in [-0.39, 0.29) is 18.7 Å². The first-order valence-corrected chi connectivity index (χ1v) is 9.47. The summed E-state index contributed by atoms with van der Waals surface area (Å²) in [6, 6.07) is 9.25. The molecule has 0 aromatic heterocycles. The Morgan fingerprint density at radius 3 is 2.50 bits per heavy atom. The van der Waals surface area contributed by atoms with Crippen molar-refractivity contribution in [3.8, 4) is 0 Å². The third kappa shape index (κ3) is 3.66. The van der Waals surface area contributed by atoms with Crippen LogP contribution in [0.15, 0.2) is 30.3 Å². The van der Waals surface area contributed by atoms with Gasteiger partial charge in [-0.05, 0) is 67.4 Å². The molecule has 2 aliphatic rings. The molecule has 0 aliphatic heterocycles. The highest BCUT2D eigenvalue weighted by Gasteiger charge is 2.41. The van der Waals surface area contributed by atoms with Crippen molar-refractivity contribution < 1.29 is 14.6 Å². The summed E-state index contributed by atoms with van der Waals surface area (Å²) < 4.78 is 5.88. The molecule has 3 rings (SSSR count). The predicted octanol–water partition coefficient (Wildman–Crippen LogP) is 4.30. The molecule has 0 amide bonds. The van der Waals surface area contributed by atoms with Gasteiger partial charge in [0, 0.05) is 6.61 Å². The van der Waals surface area contributed by atoms with Gasteiger partial charge < -0.3 is 9.84 Å². The number of aliphatic hydroxyl groups excluding tert-OH is 1. The van der Waals surface area contributed by atoms with E-state index in [1.54, 1.807) is 0 Å². The Kier molecular flexibility index (Phi) is 5.60. The number of hydrogen-bond donors (Lipinski definition) is 1. The number of carbonyl (C=O) groups excluding carboxylic acids is 1. The standard InChI is InChI=1S/C21H30O3/c1-14-8-10-18-17(13-22)9-11-20(15(2)12-19(14)18)24-21(23)16-6-4-3-5-7-16/h3-7,14-15,17-20,22H,8-13H2,1-2H3/t14-,15+,17+,18+,19+,20+/m0/s1. The van der Waals surface area contributed by atoms with Crippen molar-refractivity contribution in [2.45, 2.75) is 52.1 Å². The summed E-state index contributed by atoms with van der Waals surface area (Å²) in [5, 5.41) is 9.85. The minimum absolute atomic E-state index is 0.0412. The topological polar surface area (TPSA) is 46.5 Å². The molecule has 132 valence electrons. The van der Waals surface area contributed by atoms with Crippen LogP contribution < -0.4 is 0 Å². The molecule has 6 atom stereocenters. The van der Waals surface area contributed by atoms with Gasteiger partial charge in [0.25, 0.3) is 0 Å². The molecule has 2 fully saturated rings. The number of aliphatic hydroxyl groups is 1. The predicted molar refractivity (Wildman–Crippen MR) is 94.6 cm³/mol. The van der Waals surface area contributed by atoms with Gasteiger partial charge in [-0.1, -0.05) is 38.5 Å². The molecule has 0 bridgehead atoms. The van der Waals surface area contributed by atoms with E-state index in [0.717, 1.165) is 25.2 Å². The Labute approximate surface area is 145 Å². The zero-order chi connectivity index (χ0) is 17.1. The molecule has 0 unspecified atom stereocenters. The third-order valence-electron chi connectivity index (χ3n) is 6.44. The van der Waals surface area contributed by atoms with Crippen LogP contribution in [0.1, 0.15) is 56.3 Å². The maximum absolute atomic E-state index is 12.4. The quantitative estimate of drug-likeness (QED) is 0.840. The maximum atomic E-state index is 12.4. The zero-order valence-electron chi connectivity index (χ0n) is 14.9. The number of fused-ring (bicyclic) bond motifs is 1. The number of rotatable bonds is 3. The van der Waals surface area contributed by atoms with Crippen LogP contribution in [0.5, 0.6) is 0 Å². The number of benzene rings is 1. The van der Waals surface area contributed by atoms with E-state index < -0.39 is 0 Å². The summed E-state index contributed by atoms with van der Waals surface area (Å²) in [6.07, 6.45) is 5.41. The summed E-state index contributed by atoms with van der Waals surface area (Å²) in [4.78, 5) is 12.4. The summed E-state index contributed by atoms with van der Waals surface area (Å²) in [5.74, 6) is 2.56. The molecule has 2 saturated carbocycles. The van der Waals surface area contributed by atoms with Gasteiger partial charge in [-0.15, -0.1) is 0 Å². The van der Waals surface area contributed by atoms with Crippen LogP contribution in [-0.2, 0) is 4.74 Å². The van der Waals surface area contributed by atoms with Crippen LogP contribution in [0.2, 0.25) is 0 Å². The first kappa shape index (κ1) is 17.5. The third-order valence-corrected chi connectivity index (χ3v) is 6.44. The molecular formula is C21H30O3. The van der Waals surface area contributed by atoms with E-state index >= 15 is 0 Å². The Morgan fingerprint density at radius 2 is 1.79 bits per heavy atom. The minimum atomic E-state index is -0.218. The van der Waals surface area contributed by atoms with Crippen molar-refractivity contribution in [1.82, 2.24) is 0 Å². The smallest absolute Gasteiger partial charge is 0.338 e. The van der Waals surface area contributed by atoms with Crippen molar-refractivity contribution in [3.05, 3.63) is 35.9 Å². The van der Waals surface area contributed by atoms with E-state index in [1.165, 1.54) is 12.8 Å². The van der Waals surface area contributed by atoms with Crippen LogP contribution in [0, 0.1) is 29.6 Å². The summed E-state index contributed by atoms with van der Waals surface area (Å²) in [7, 11) is 0. The van der Waals surface area contributed by atoms with Crippen molar-refractivity contribution in [2.75, 3.05) is 6.61 Å². The first-order valence-electron chi connectivity index (χ1n) is 9.47. The maximum Gasteiger partial charge on any atom is 0.338 e. The first-order chi connectivity index (χ1) is 11.6. The van der Waals surface area contributed by atoms with E-state index in [0.29, 0.717) is 29.2 Å². The van der Waals surface area contributed by atoms with Gasteiger partial charge in [0.05, 0.1) is 5.56 Å². The highest BCUT2D eigenvalue weighted by molar-refractivity contribution is 5.89. The van der Waals surface area contributed by atoms with Crippen molar-refractivity contribution >= 4 is 5.97 Å². The average Bonchev–Trinajstić information content (AvgIpc) is 2.94. The van der Waals surface area contributed by atoms with E-state index in [4.69, 9.17) is 4.74 Å². The van der Waals surface area contributed by atoms with Gasteiger partial charge in [-0.25, -0.2) is 4.79 Å². The normalized spacial score (nSPS) is 36.5. The van der Waals surface area contributed by atoms with Crippen molar-refractivity contribution in [3.63, 3.8) is 0 Å². The fourth-order valence-corrected chi connectivity index (χ4v) is 4.94. The van der Waals surface area contributed by atoms with Gasteiger partial charge in [0.1, 0.15) is 6.10 Å².